The van der Waals surface area contributed by atoms with Crippen LogP contribution in [-0.4, -0.2) is 64.8 Å². The zero-order valence-electron chi connectivity index (χ0n) is 25.8. The molecule has 39 heavy (non-hydrogen) atoms. The Labute approximate surface area is 240 Å². The van der Waals surface area contributed by atoms with Crippen molar-refractivity contribution in [3.05, 3.63) is 0 Å². The maximum absolute atomic E-state index is 12.0. The fourth-order valence-corrected chi connectivity index (χ4v) is 4.37. The third kappa shape index (κ3) is 28.2. The van der Waals surface area contributed by atoms with E-state index >= 15 is 0 Å². The first-order chi connectivity index (χ1) is 19.2. The van der Waals surface area contributed by atoms with Crippen molar-refractivity contribution in [1.29, 1.82) is 0 Å². The van der Waals surface area contributed by atoms with E-state index in [2.05, 4.69) is 13.8 Å². The molecule has 7 nitrogen and oxygen atoms in total. The number of hydrogen-bond donors (Lipinski definition) is 0. The molecule has 0 aliphatic rings. The average Bonchev–Trinajstić information content (AvgIpc) is 2.94. The molecule has 1 atom stereocenters. The van der Waals surface area contributed by atoms with Gasteiger partial charge in [-0.25, -0.2) is 0 Å². The van der Waals surface area contributed by atoms with Gasteiger partial charge in [-0.2, -0.15) is 0 Å². The van der Waals surface area contributed by atoms with Gasteiger partial charge in [0.15, 0.2) is 0 Å². The highest BCUT2D eigenvalue weighted by Gasteiger charge is 2.16. The van der Waals surface area contributed by atoms with Gasteiger partial charge >= 0.3 is 11.9 Å². The van der Waals surface area contributed by atoms with E-state index in [1.165, 1.54) is 70.6 Å². The summed E-state index contributed by atoms with van der Waals surface area (Å²) in [4.78, 5) is 23.8. The highest BCUT2D eigenvalue weighted by molar-refractivity contribution is 5.72. The van der Waals surface area contributed by atoms with Crippen LogP contribution in [0.15, 0.2) is 0 Å². The maximum Gasteiger partial charge on any atom is 0.308 e. The Balaban J connectivity index is 3.29. The largest absolute Gasteiger partial charge is 0.463 e. The zero-order valence-corrected chi connectivity index (χ0v) is 25.8. The molecule has 0 bridgehead atoms. The predicted molar refractivity (Wildman–Crippen MR) is 158 cm³/mol. The summed E-state index contributed by atoms with van der Waals surface area (Å²) < 4.78 is 26.9. The van der Waals surface area contributed by atoms with Crippen molar-refractivity contribution in [3.8, 4) is 0 Å². The van der Waals surface area contributed by atoms with Crippen LogP contribution in [0.1, 0.15) is 136 Å². The molecule has 0 saturated carbocycles. The second-order valence-electron chi connectivity index (χ2n) is 10.5. The second kappa shape index (κ2) is 31.3. The van der Waals surface area contributed by atoms with Crippen molar-refractivity contribution >= 4 is 11.9 Å². The molecule has 7 heteroatoms. The SMILES string of the molecule is CCCCCCCCCCCCCCCC(=O)OCCOCCOCCOCCOC(=O)C(CC)CCCC. The molecule has 1 unspecified atom stereocenters. The number of rotatable bonds is 31. The van der Waals surface area contributed by atoms with Crippen molar-refractivity contribution in [3.63, 3.8) is 0 Å². The van der Waals surface area contributed by atoms with Gasteiger partial charge in [-0.05, 0) is 19.3 Å². The van der Waals surface area contributed by atoms with E-state index < -0.39 is 0 Å². The van der Waals surface area contributed by atoms with Crippen LogP contribution in [0.2, 0.25) is 0 Å². The van der Waals surface area contributed by atoms with Gasteiger partial charge in [-0.15, -0.1) is 0 Å². The van der Waals surface area contributed by atoms with E-state index in [9.17, 15) is 9.59 Å². The number of hydrogen-bond acceptors (Lipinski definition) is 7. The summed E-state index contributed by atoms with van der Waals surface area (Å²) in [6, 6.07) is 0. The molecular formula is C32H62O7. The standard InChI is InChI=1S/C32H62O7/c1-4-7-9-10-11-12-13-14-15-16-17-18-19-21-31(33)38-28-26-36-24-22-35-23-25-37-27-29-39-32(34)30(6-3)20-8-5-2/h30H,4-29H2,1-3H3. The summed E-state index contributed by atoms with van der Waals surface area (Å²) in [5.41, 5.74) is 0. The summed E-state index contributed by atoms with van der Waals surface area (Å²) in [7, 11) is 0. The molecule has 0 aromatic rings. The smallest absolute Gasteiger partial charge is 0.308 e. The van der Waals surface area contributed by atoms with Crippen LogP contribution < -0.4 is 0 Å². The van der Waals surface area contributed by atoms with Crippen LogP contribution in [0, 0.1) is 5.92 Å². The maximum atomic E-state index is 12.0. The third-order valence-corrected chi connectivity index (χ3v) is 6.92. The Hall–Kier alpha value is -1.18. The first-order valence-electron chi connectivity index (χ1n) is 16.2. The Morgan fingerprint density at radius 2 is 0.897 bits per heavy atom. The van der Waals surface area contributed by atoms with Gasteiger partial charge in [0.05, 0.1) is 45.6 Å². The minimum Gasteiger partial charge on any atom is -0.463 e. The molecule has 0 aromatic heterocycles. The van der Waals surface area contributed by atoms with Crippen LogP contribution in [0.25, 0.3) is 0 Å². The number of unbranched alkanes of at least 4 members (excludes halogenated alkanes) is 13. The molecule has 0 radical (unpaired) electrons. The molecule has 0 rings (SSSR count). The normalized spacial score (nSPS) is 12.0. The number of ether oxygens (including phenoxy) is 5. The fourth-order valence-electron chi connectivity index (χ4n) is 4.37. The molecule has 0 aromatic carbocycles. The molecule has 232 valence electrons. The lowest BCUT2D eigenvalue weighted by Gasteiger charge is -2.13. The van der Waals surface area contributed by atoms with Crippen LogP contribution in [0.5, 0.6) is 0 Å². The van der Waals surface area contributed by atoms with E-state index in [4.69, 9.17) is 23.7 Å². The van der Waals surface area contributed by atoms with E-state index in [0.29, 0.717) is 46.1 Å². The third-order valence-electron chi connectivity index (χ3n) is 6.92. The number of esters is 2. The van der Waals surface area contributed by atoms with E-state index in [0.717, 1.165) is 38.5 Å². The highest BCUT2D eigenvalue weighted by atomic mass is 16.6. The average molecular weight is 559 g/mol. The van der Waals surface area contributed by atoms with Gasteiger partial charge < -0.3 is 23.7 Å². The summed E-state index contributed by atoms with van der Waals surface area (Å²) >= 11 is 0. The summed E-state index contributed by atoms with van der Waals surface area (Å²) in [5, 5.41) is 0. The molecule has 0 spiro atoms. The first-order valence-corrected chi connectivity index (χ1v) is 16.2. The van der Waals surface area contributed by atoms with Gasteiger partial charge in [0.25, 0.3) is 0 Å². The van der Waals surface area contributed by atoms with Crippen molar-refractivity contribution in [2.75, 3.05) is 52.9 Å². The van der Waals surface area contributed by atoms with Crippen molar-refractivity contribution < 1.29 is 33.3 Å². The lowest BCUT2D eigenvalue weighted by atomic mass is 10.00. The molecule has 0 heterocycles. The molecule has 0 aliphatic carbocycles. The van der Waals surface area contributed by atoms with Gasteiger partial charge in [0, 0.05) is 6.42 Å². The van der Waals surface area contributed by atoms with Crippen LogP contribution >= 0.6 is 0 Å². The topological polar surface area (TPSA) is 80.3 Å². The predicted octanol–water partition coefficient (Wildman–Crippen LogP) is 7.82. The molecule has 0 aliphatic heterocycles. The van der Waals surface area contributed by atoms with Gasteiger partial charge in [-0.3, -0.25) is 9.59 Å². The van der Waals surface area contributed by atoms with Crippen molar-refractivity contribution in [1.82, 2.24) is 0 Å². The van der Waals surface area contributed by atoms with E-state index in [1.54, 1.807) is 0 Å². The quantitative estimate of drug-likeness (QED) is 0.0634. The summed E-state index contributed by atoms with van der Waals surface area (Å²) in [6.45, 7) is 9.55. The second-order valence-corrected chi connectivity index (χ2v) is 10.5. The van der Waals surface area contributed by atoms with E-state index in [-0.39, 0.29) is 31.1 Å². The van der Waals surface area contributed by atoms with Crippen molar-refractivity contribution in [2.24, 2.45) is 5.92 Å². The van der Waals surface area contributed by atoms with Crippen LogP contribution in [0.3, 0.4) is 0 Å². The summed E-state index contributed by atoms with van der Waals surface area (Å²) in [6.07, 6.45) is 21.2. The Morgan fingerprint density at radius 1 is 0.487 bits per heavy atom. The molecular weight excluding hydrogens is 496 g/mol. The zero-order chi connectivity index (χ0) is 28.7. The molecule has 0 amide bonds. The number of carbonyl (C=O) groups is 2. The molecule has 0 N–H and O–H groups in total. The molecule has 0 saturated heterocycles. The Morgan fingerprint density at radius 3 is 1.36 bits per heavy atom. The minimum absolute atomic E-state index is 0.000803. The molecule has 0 fully saturated rings. The fraction of sp³-hybridized carbons (Fsp3) is 0.938. The number of carbonyl (C=O) groups excluding carboxylic acids is 2. The summed E-state index contributed by atoms with van der Waals surface area (Å²) in [5.74, 6) is -0.249. The highest BCUT2D eigenvalue weighted by Crippen LogP contribution is 2.14. The minimum atomic E-state index is -0.132. The van der Waals surface area contributed by atoms with Crippen LogP contribution in [0.4, 0.5) is 0 Å². The van der Waals surface area contributed by atoms with Gasteiger partial charge in [0.1, 0.15) is 13.2 Å². The monoisotopic (exact) mass is 558 g/mol. The van der Waals surface area contributed by atoms with Gasteiger partial charge in [0.2, 0.25) is 0 Å². The lowest BCUT2D eigenvalue weighted by molar-refractivity contribution is -0.150. The van der Waals surface area contributed by atoms with Crippen LogP contribution in [-0.2, 0) is 33.3 Å². The van der Waals surface area contributed by atoms with E-state index in [1.807, 2.05) is 6.92 Å². The Bertz CT molecular complexity index is 527. The lowest BCUT2D eigenvalue weighted by Crippen LogP contribution is -2.20. The first kappa shape index (κ1) is 37.8. The van der Waals surface area contributed by atoms with Gasteiger partial charge in [-0.1, -0.05) is 111 Å². The Kier molecular flexibility index (Phi) is 30.4. The van der Waals surface area contributed by atoms with Crippen molar-refractivity contribution in [2.45, 2.75) is 136 Å².